The molecule has 1 aliphatic rings. The molecule has 6 heteroatoms. The molecule has 1 unspecified atom stereocenters. The minimum atomic E-state index is -0.192. The summed E-state index contributed by atoms with van der Waals surface area (Å²) in [5, 5.41) is 5.66. The maximum atomic E-state index is 12.6. The van der Waals surface area contributed by atoms with E-state index < -0.39 is 0 Å². The number of hydrogen-bond donors (Lipinski definition) is 2. The summed E-state index contributed by atoms with van der Waals surface area (Å²) in [6, 6.07) is 13.8. The summed E-state index contributed by atoms with van der Waals surface area (Å²) < 4.78 is 0. The van der Waals surface area contributed by atoms with Gasteiger partial charge in [0.1, 0.15) is 0 Å². The monoisotopic (exact) mass is 383 g/mol. The average molecular weight is 384 g/mol. The standard InChI is InChI=1S/C21H25N3O2S/c1-13(2)24(4)12-15-5-8-17(9-6-15)22-21(26)16-7-10-19-18(11-16)23-20(25)14(3)27-19/h5-11,13-14H,12H2,1-4H3,(H,22,26)(H,23,25). The lowest BCUT2D eigenvalue weighted by atomic mass is 10.1. The van der Waals surface area contributed by atoms with E-state index in [2.05, 4.69) is 36.4 Å². The summed E-state index contributed by atoms with van der Waals surface area (Å²) >= 11 is 1.50. The molecule has 27 heavy (non-hydrogen) atoms. The zero-order valence-corrected chi connectivity index (χ0v) is 16.9. The Morgan fingerprint density at radius 1 is 1.22 bits per heavy atom. The first-order chi connectivity index (χ1) is 12.8. The maximum Gasteiger partial charge on any atom is 0.255 e. The van der Waals surface area contributed by atoms with Gasteiger partial charge < -0.3 is 10.6 Å². The number of fused-ring (bicyclic) bond motifs is 1. The van der Waals surface area contributed by atoms with Gasteiger partial charge in [-0.15, -0.1) is 11.8 Å². The highest BCUT2D eigenvalue weighted by Crippen LogP contribution is 2.36. The first-order valence-corrected chi connectivity index (χ1v) is 9.93. The number of anilines is 2. The molecule has 0 saturated carbocycles. The van der Waals surface area contributed by atoms with E-state index in [0.29, 0.717) is 17.3 Å². The van der Waals surface area contributed by atoms with Crippen molar-refractivity contribution in [3.63, 3.8) is 0 Å². The quantitative estimate of drug-likeness (QED) is 0.812. The van der Waals surface area contributed by atoms with Crippen LogP contribution in [0.25, 0.3) is 0 Å². The van der Waals surface area contributed by atoms with Crippen molar-refractivity contribution in [2.45, 2.75) is 43.5 Å². The highest BCUT2D eigenvalue weighted by Gasteiger charge is 2.23. The Morgan fingerprint density at radius 2 is 1.93 bits per heavy atom. The van der Waals surface area contributed by atoms with Crippen molar-refractivity contribution in [2.24, 2.45) is 0 Å². The fraction of sp³-hybridized carbons (Fsp3) is 0.333. The molecule has 0 spiro atoms. The molecule has 0 fully saturated rings. The number of nitrogens with one attached hydrogen (secondary N) is 2. The van der Waals surface area contributed by atoms with Crippen LogP contribution in [0.15, 0.2) is 47.4 Å². The number of hydrogen-bond acceptors (Lipinski definition) is 4. The second-order valence-electron chi connectivity index (χ2n) is 7.12. The number of thioether (sulfide) groups is 1. The Morgan fingerprint density at radius 3 is 2.59 bits per heavy atom. The van der Waals surface area contributed by atoms with Crippen LogP contribution in [0.5, 0.6) is 0 Å². The van der Waals surface area contributed by atoms with E-state index in [9.17, 15) is 9.59 Å². The number of carbonyl (C=O) groups is 2. The maximum absolute atomic E-state index is 12.6. The Hall–Kier alpha value is -2.31. The first-order valence-electron chi connectivity index (χ1n) is 9.05. The summed E-state index contributed by atoms with van der Waals surface area (Å²) in [5.41, 5.74) is 3.17. The van der Waals surface area contributed by atoms with E-state index in [-0.39, 0.29) is 17.1 Å². The molecule has 0 radical (unpaired) electrons. The second kappa shape index (κ2) is 8.15. The largest absolute Gasteiger partial charge is 0.324 e. The van der Waals surface area contributed by atoms with E-state index in [0.717, 1.165) is 17.1 Å². The zero-order valence-electron chi connectivity index (χ0n) is 16.1. The van der Waals surface area contributed by atoms with Crippen LogP contribution in [0.2, 0.25) is 0 Å². The third-order valence-electron chi connectivity index (χ3n) is 4.70. The summed E-state index contributed by atoms with van der Waals surface area (Å²) in [4.78, 5) is 27.6. The van der Waals surface area contributed by atoms with Crippen molar-refractivity contribution in [2.75, 3.05) is 17.7 Å². The molecule has 0 aromatic heterocycles. The molecule has 2 N–H and O–H groups in total. The Labute approximate surface area is 164 Å². The summed E-state index contributed by atoms with van der Waals surface area (Å²) in [6.45, 7) is 7.06. The Kier molecular flexibility index (Phi) is 5.87. The normalized spacial score (nSPS) is 16.2. The van der Waals surface area contributed by atoms with Crippen LogP contribution in [0, 0.1) is 0 Å². The molecule has 1 heterocycles. The van der Waals surface area contributed by atoms with Crippen LogP contribution in [-0.4, -0.2) is 35.1 Å². The molecule has 142 valence electrons. The molecular weight excluding hydrogens is 358 g/mol. The molecule has 2 amide bonds. The van der Waals surface area contributed by atoms with E-state index in [1.807, 2.05) is 37.3 Å². The molecule has 2 aromatic rings. The van der Waals surface area contributed by atoms with E-state index >= 15 is 0 Å². The van der Waals surface area contributed by atoms with Gasteiger partial charge in [0.25, 0.3) is 5.91 Å². The zero-order chi connectivity index (χ0) is 19.6. The first kappa shape index (κ1) is 19.5. The van der Waals surface area contributed by atoms with Crippen molar-refractivity contribution in [3.05, 3.63) is 53.6 Å². The molecule has 0 bridgehead atoms. The van der Waals surface area contributed by atoms with Gasteiger partial charge in [-0.3, -0.25) is 14.5 Å². The number of benzene rings is 2. The van der Waals surface area contributed by atoms with Crippen LogP contribution in [0.4, 0.5) is 11.4 Å². The van der Waals surface area contributed by atoms with Gasteiger partial charge in [-0.05, 0) is 63.7 Å². The molecule has 0 aliphatic carbocycles. The number of nitrogens with zero attached hydrogens (tertiary/aromatic N) is 1. The van der Waals surface area contributed by atoms with E-state index in [1.54, 1.807) is 12.1 Å². The second-order valence-corrected chi connectivity index (χ2v) is 8.50. The fourth-order valence-electron chi connectivity index (χ4n) is 2.72. The minimum Gasteiger partial charge on any atom is -0.324 e. The van der Waals surface area contributed by atoms with Gasteiger partial charge in [0.2, 0.25) is 5.91 Å². The van der Waals surface area contributed by atoms with Gasteiger partial charge in [-0.1, -0.05) is 12.1 Å². The SMILES string of the molecule is CC1Sc2ccc(C(=O)Nc3ccc(CN(C)C(C)C)cc3)cc2NC1=O. The van der Waals surface area contributed by atoms with Crippen molar-refractivity contribution >= 4 is 35.0 Å². The lowest BCUT2D eigenvalue weighted by Gasteiger charge is -2.22. The van der Waals surface area contributed by atoms with Crippen LogP contribution in [0.1, 0.15) is 36.7 Å². The lowest BCUT2D eigenvalue weighted by Crippen LogP contribution is -2.26. The Balaban J connectivity index is 1.67. The van der Waals surface area contributed by atoms with Crippen molar-refractivity contribution in [1.82, 2.24) is 4.90 Å². The van der Waals surface area contributed by atoms with Crippen molar-refractivity contribution in [1.29, 1.82) is 0 Å². The van der Waals surface area contributed by atoms with Gasteiger partial charge in [0.05, 0.1) is 10.9 Å². The summed E-state index contributed by atoms with van der Waals surface area (Å²) in [7, 11) is 2.09. The topological polar surface area (TPSA) is 61.4 Å². The highest BCUT2D eigenvalue weighted by molar-refractivity contribution is 8.00. The van der Waals surface area contributed by atoms with Crippen LogP contribution < -0.4 is 10.6 Å². The molecule has 0 saturated heterocycles. The van der Waals surface area contributed by atoms with E-state index in [4.69, 9.17) is 0 Å². The van der Waals surface area contributed by atoms with Crippen LogP contribution >= 0.6 is 11.8 Å². The number of rotatable bonds is 5. The average Bonchev–Trinajstić information content (AvgIpc) is 2.63. The Bertz CT molecular complexity index is 849. The van der Waals surface area contributed by atoms with Gasteiger partial charge in [-0.2, -0.15) is 0 Å². The van der Waals surface area contributed by atoms with Gasteiger partial charge in [-0.25, -0.2) is 0 Å². The van der Waals surface area contributed by atoms with Gasteiger partial charge >= 0.3 is 0 Å². The lowest BCUT2D eigenvalue weighted by molar-refractivity contribution is -0.115. The predicted molar refractivity (Wildman–Crippen MR) is 111 cm³/mol. The van der Waals surface area contributed by atoms with Crippen molar-refractivity contribution in [3.8, 4) is 0 Å². The molecular formula is C21H25N3O2S. The highest BCUT2D eigenvalue weighted by atomic mass is 32.2. The smallest absolute Gasteiger partial charge is 0.255 e. The number of amides is 2. The molecule has 2 aromatic carbocycles. The number of carbonyl (C=O) groups excluding carboxylic acids is 2. The van der Waals surface area contributed by atoms with Crippen LogP contribution in [-0.2, 0) is 11.3 Å². The molecule has 1 atom stereocenters. The van der Waals surface area contributed by atoms with Gasteiger partial charge in [0, 0.05) is 28.7 Å². The fourth-order valence-corrected chi connectivity index (χ4v) is 3.65. The predicted octanol–water partition coefficient (Wildman–Crippen LogP) is 4.21. The van der Waals surface area contributed by atoms with Crippen LogP contribution in [0.3, 0.4) is 0 Å². The molecule has 3 rings (SSSR count). The molecule has 5 nitrogen and oxygen atoms in total. The van der Waals surface area contributed by atoms with Gasteiger partial charge in [0.15, 0.2) is 0 Å². The van der Waals surface area contributed by atoms with Crippen molar-refractivity contribution < 1.29 is 9.59 Å². The minimum absolute atomic E-state index is 0.0352. The summed E-state index contributed by atoms with van der Waals surface area (Å²) in [6.07, 6.45) is 0. The third-order valence-corrected chi connectivity index (χ3v) is 5.88. The third kappa shape index (κ3) is 4.70. The molecule has 1 aliphatic heterocycles. The van der Waals surface area contributed by atoms with E-state index in [1.165, 1.54) is 17.3 Å². The summed E-state index contributed by atoms with van der Waals surface area (Å²) in [5.74, 6) is -0.227.